The van der Waals surface area contributed by atoms with Crippen molar-refractivity contribution in [1.29, 1.82) is 0 Å². The number of likely N-dealkylation sites (tertiary alicyclic amines) is 1. The summed E-state index contributed by atoms with van der Waals surface area (Å²) in [7, 11) is 1.72. The number of aromatic nitrogens is 4. The van der Waals surface area contributed by atoms with Crippen LogP contribution in [0.2, 0.25) is 0 Å². The molecule has 9 nitrogen and oxygen atoms in total. The van der Waals surface area contributed by atoms with Crippen molar-refractivity contribution in [3.05, 3.63) is 22.9 Å². The zero-order chi connectivity index (χ0) is 19.1. The number of carbonyl (C=O) groups excluding carboxylic acids is 1. The molecule has 3 heterocycles. The number of amides is 1. The molecule has 0 aromatic carbocycles. The van der Waals surface area contributed by atoms with Crippen LogP contribution in [0.1, 0.15) is 33.6 Å². The van der Waals surface area contributed by atoms with E-state index in [4.69, 9.17) is 4.74 Å². The topological polar surface area (TPSA) is 102 Å². The highest BCUT2D eigenvalue weighted by molar-refractivity contribution is 5.72. The van der Waals surface area contributed by atoms with Crippen LogP contribution in [-0.4, -0.2) is 59.7 Å². The highest BCUT2D eigenvalue weighted by atomic mass is 16.6. The molecule has 3 rings (SSSR count). The Morgan fingerprint density at radius 2 is 2.00 bits per heavy atom. The van der Waals surface area contributed by atoms with Crippen LogP contribution in [0.15, 0.2) is 17.3 Å². The minimum Gasteiger partial charge on any atom is -0.444 e. The van der Waals surface area contributed by atoms with E-state index in [1.807, 2.05) is 20.8 Å². The molecule has 2 aromatic rings. The number of fused-ring (bicyclic) bond motifs is 1. The second-order valence-electron chi connectivity index (χ2n) is 7.87. The molecule has 0 unspecified atom stereocenters. The molecule has 1 amide bonds. The SMILES string of the molecule is Cn1ncc2c(=O)n(CC3(O)CCN(C(=O)OC(C)(C)C)CC3)cnc21. The standard InChI is InChI=1S/C17H25N5O4/c1-16(2,3)26-15(24)21-7-5-17(25,6-8-21)10-22-11-18-13-12(14(22)23)9-19-20(13)4/h9,11,25H,5-8,10H2,1-4H3. The molecule has 1 aliphatic rings. The van der Waals surface area contributed by atoms with Gasteiger partial charge in [0.25, 0.3) is 5.56 Å². The lowest BCUT2D eigenvalue weighted by Crippen LogP contribution is -2.50. The lowest BCUT2D eigenvalue weighted by atomic mass is 9.91. The lowest BCUT2D eigenvalue weighted by molar-refractivity contribution is -0.0419. The van der Waals surface area contributed by atoms with E-state index in [2.05, 4.69) is 10.1 Å². The highest BCUT2D eigenvalue weighted by Crippen LogP contribution is 2.25. The van der Waals surface area contributed by atoms with Crippen molar-refractivity contribution in [2.75, 3.05) is 13.1 Å². The van der Waals surface area contributed by atoms with Crippen molar-refractivity contribution in [2.45, 2.75) is 51.4 Å². The average molecular weight is 363 g/mol. The Morgan fingerprint density at radius 3 is 2.62 bits per heavy atom. The van der Waals surface area contributed by atoms with Gasteiger partial charge >= 0.3 is 6.09 Å². The van der Waals surface area contributed by atoms with Crippen LogP contribution >= 0.6 is 0 Å². The van der Waals surface area contributed by atoms with E-state index in [-0.39, 0.29) is 18.2 Å². The van der Waals surface area contributed by atoms with Gasteiger partial charge in [0.05, 0.1) is 18.3 Å². The average Bonchev–Trinajstić information content (AvgIpc) is 2.91. The Morgan fingerprint density at radius 1 is 1.35 bits per heavy atom. The van der Waals surface area contributed by atoms with Gasteiger partial charge < -0.3 is 14.7 Å². The largest absolute Gasteiger partial charge is 0.444 e. The fraction of sp³-hybridized carbons (Fsp3) is 0.647. The minimum absolute atomic E-state index is 0.131. The van der Waals surface area contributed by atoms with Crippen LogP contribution < -0.4 is 5.56 Å². The Hall–Kier alpha value is -2.42. The van der Waals surface area contributed by atoms with Crippen molar-refractivity contribution in [1.82, 2.24) is 24.2 Å². The van der Waals surface area contributed by atoms with E-state index in [0.29, 0.717) is 37.0 Å². The van der Waals surface area contributed by atoms with Crippen molar-refractivity contribution < 1.29 is 14.6 Å². The number of hydrogen-bond acceptors (Lipinski definition) is 6. The van der Waals surface area contributed by atoms with E-state index in [9.17, 15) is 14.7 Å². The maximum atomic E-state index is 12.6. The molecule has 0 atom stereocenters. The van der Waals surface area contributed by atoms with Gasteiger partial charge in [0.2, 0.25) is 0 Å². The zero-order valence-corrected chi connectivity index (χ0v) is 15.6. The quantitative estimate of drug-likeness (QED) is 0.850. The Labute approximate surface area is 151 Å². The van der Waals surface area contributed by atoms with Gasteiger partial charge in [-0.2, -0.15) is 5.10 Å². The summed E-state index contributed by atoms with van der Waals surface area (Å²) in [4.78, 5) is 30.5. The van der Waals surface area contributed by atoms with Crippen LogP contribution in [0.25, 0.3) is 11.0 Å². The molecule has 1 saturated heterocycles. The molecule has 0 aliphatic carbocycles. The third-order valence-corrected chi connectivity index (χ3v) is 4.53. The maximum absolute atomic E-state index is 12.6. The molecule has 0 saturated carbocycles. The van der Waals surface area contributed by atoms with Crippen molar-refractivity contribution in [2.24, 2.45) is 7.05 Å². The Bertz CT molecular complexity index is 871. The van der Waals surface area contributed by atoms with Gasteiger partial charge in [-0.1, -0.05) is 0 Å². The summed E-state index contributed by atoms with van der Waals surface area (Å²) in [5.41, 5.74) is -1.34. The lowest BCUT2D eigenvalue weighted by Gasteiger charge is -2.38. The van der Waals surface area contributed by atoms with E-state index in [1.54, 1.807) is 11.9 Å². The number of ether oxygens (including phenoxy) is 1. The first-order valence-electron chi connectivity index (χ1n) is 8.65. The van der Waals surface area contributed by atoms with Gasteiger partial charge in [-0.15, -0.1) is 0 Å². The monoisotopic (exact) mass is 363 g/mol. The first-order valence-corrected chi connectivity index (χ1v) is 8.65. The van der Waals surface area contributed by atoms with Crippen LogP contribution in [0.4, 0.5) is 4.79 Å². The van der Waals surface area contributed by atoms with Gasteiger partial charge in [-0.3, -0.25) is 14.0 Å². The van der Waals surface area contributed by atoms with Gasteiger partial charge in [0.1, 0.15) is 17.3 Å². The number of aryl methyl sites for hydroxylation is 1. The number of carbonyl (C=O) groups is 1. The summed E-state index contributed by atoms with van der Waals surface area (Å²) < 4.78 is 8.31. The van der Waals surface area contributed by atoms with E-state index < -0.39 is 11.2 Å². The third kappa shape index (κ3) is 3.72. The molecule has 1 N–H and O–H groups in total. The zero-order valence-electron chi connectivity index (χ0n) is 15.6. The van der Waals surface area contributed by atoms with Crippen LogP contribution in [0.3, 0.4) is 0 Å². The second kappa shape index (κ2) is 6.39. The third-order valence-electron chi connectivity index (χ3n) is 4.53. The van der Waals surface area contributed by atoms with E-state index >= 15 is 0 Å². The molecule has 9 heteroatoms. The molecule has 1 fully saturated rings. The number of nitrogens with zero attached hydrogens (tertiary/aromatic N) is 5. The molecule has 2 aromatic heterocycles. The molecule has 142 valence electrons. The smallest absolute Gasteiger partial charge is 0.410 e. The number of hydrogen-bond donors (Lipinski definition) is 1. The molecule has 0 radical (unpaired) electrons. The van der Waals surface area contributed by atoms with Gasteiger partial charge in [-0.05, 0) is 33.6 Å². The maximum Gasteiger partial charge on any atom is 0.410 e. The predicted octanol–water partition coefficient (Wildman–Crippen LogP) is 0.892. The molecule has 1 aliphatic heterocycles. The second-order valence-corrected chi connectivity index (χ2v) is 7.87. The van der Waals surface area contributed by atoms with Crippen molar-refractivity contribution in [3.8, 4) is 0 Å². The molecule has 26 heavy (non-hydrogen) atoms. The normalized spacial score (nSPS) is 17.5. The van der Waals surface area contributed by atoms with Gasteiger partial charge in [0, 0.05) is 20.1 Å². The molecule has 0 spiro atoms. The fourth-order valence-corrected chi connectivity index (χ4v) is 3.09. The summed E-state index contributed by atoms with van der Waals surface area (Å²) in [6, 6.07) is 0. The van der Waals surface area contributed by atoms with E-state index in [0.717, 1.165) is 0 Å². The number of aliphatic hydroxyl groups is 1. The summed E-state index contributed by atoms with van der Waals surface area (Å²) in [5, 5.41) is 15.3. The summed E-state index contributed by atoms with van der Waals surface area (Å²) in [6.07, 6.45) is 3.27. The summed E-state index contributed by atoms with van der Waals surface area (Å²) >= 11 is 0. The molecule has 0 bridgehead atoms. The first kappa shape index (κ1) is 18.4. The predicted molar refractivity (Wildman–Crippen MR) is 94.8 cm³/mol. The van der Waals surface area contributed by atoms with Crippen molar-refractivity contribution >= 4 is 17.1 Å². The summed E-state index contributed by atoms with van der Waals surface area (Å²) in [6.45, 7) is 6.34. The van der Waals surface area contributed by atoms with Crippen molar-refractivity contribution in [3.63, 3.8) is 0 Å². The highest BCUT2D eigenvalue weighted by Gasteiger charge is 2.36. The summed E-state index contributed by atoms with van der Waals surface area (Å²) in [5.74, 6) is 0. The Kier molecular flexibility index (Phi) is 4.51. The molecular weight excluding hydrogens is 338 g/mol. The first-order chi connectivity index (χ1) is 12.1. The van der Waals surface area contributed by atoms with Crippen LogP contribution in [-0.2, 0) is 18.3 Å². The minimum atomic E-state index is -1.07. The number of piperidine rings is 1. The molecular formula is C17H25N5O4. The van der Waals surface area contributed by atoms with Gasteiger partial charge in [0.15, 0.2) is 5.65 Å². The number of rotatable bonds is 2. The van der Waals surface area contributed by atoms with E-state index in [1.165, 1.54) is 21.8 Å². The van der Waals surface area contributed by atoms with Crippen LogP contribution in [0.5, 0.6) is 0 Å². The fourth-order valence-electron chi connectivity index (χ4n) is 3.09. The van der Waals surface area contributed by atoms with Gasteiger partial charge in [-0.25, -0.2) is 9.78 Å². The Balaban J connectivity index is 1.69. The van der Waals surface area contributed by atoms with Crippen LogP contribution in [0, 0.1) is 0 Å².